The van der Waals surface area contributed by atoms with Gasteiger partial charge in [-0.15, -0.1) is 0 Å². The van der Waals surface area contributed by atoms with Crippen molar-refractivity contribution in [2.75, 3.05) is 45.3 Å². The molecule has 4 rings (SSSR count). The van der Waals surface area contributed by atoms with Crippen LogP contribution in [0.1, 0.15) is 38.5 Å². The van der Waals surface area contributed by atoms with Gasteiger partial charge in [-0.1, -0.05) is 6.42 Å². The second kappa shape index (κ2) is 9.25. The summed E-state index contributed by atoms with van der Waals surface area (Å²) in [4.78, 5) is 29.8. The number of piperidine rings is 2. The van der Waals surface area contributed by atoms with Crippen molar-refractivity contribution < 1.29 is 19.1 Å². The van der Waals surface area contributed by atoms with E-state index in [4.69, 9.17) is 9.47 Å². The van der Waals surface area contributed by atoms with E-state index in [-0.39, 0.29) is 24.2 Å². The molecule has 3 fully saturated rings. The Hall–Kier alpha value is -2.28. The van der Waals surface area contributed by atoms with Crippen LogP contribution in [0, 0.1) is 11.8 Å². The van der Waals surface area contributed by atoms with Crippen LogP contribution < -0.4 is 19.7 Å². The summed E-state index contributed by atoms with van der Waals surface area (Å²) in [5, 5.41) is 3.17. The van der Waals surface area contributed by atoms with Gasteiger partial charge < -0.3 is 24.6 Å². The summed E-state index contributed by atoms with van der Waals surface area (Å²) in [6, 6.07) is 5.99. The molecule has 3 aliphatic rings. The lowest BCUT2D eigenvalue weighted by Gasteiger charge is -2.44. The van der Waals surface area contributed by atoms with Crippen LogP contribution in [0.3, 0.4) is 0 Å². The van der Waals surface area contributed by atoms with Gasteiger partial charge in [0.2, 0.25) is 11.8 Å². The molecule has 1 aromatic rings. The molecule has 164 valence electrons. The first-order valence-electron chi connectivity index (χ1n) is 11.1. The number of rotatable bonds is 6. The molecule has 7 nitrogen and oxygen atoms in total. The van der Waals surface area contributed by atoms with Gasteiger partial charge in [-0.2, -0.15) is 0 Å². The first-order chi connectivity index (χ1) is 14.6. The zero-order chi connectivity index (χ0) is 21.1. The summed E-state index contributed by atoms with van der Waals surface area (Å²) in [7, 11) is 3.16. The van der Waals surface area contributed by atoms with Gasteiger partial charge >= 0.3 is 0 Å². The summed E-state index contributed by atoms with van der Waals surface area (Å²) >= 11 is 0. The number of carbonyl (C=O) groups is 2. The predicted molar refractivity (Wildman–Crippen MR) is 115 cm³/mol. The minimum Gasteiger partial charge on any atom is -0.497 e. The van der Waals surface area contributed by atoms with Crippen LogP contribution in [-0.2, 0) is 9.59 Å². The minimum absolute atomic E-state index is 0.00809. The van der Waals surface area contributed by atoms with Crippen molar-refractivity contribution in [3.63, 3.8) is 0 Å². The number of benzene rings is 1. The molecule has 0 spiro atoms. The monoisotopic (exact) mass is 415 g/mol. The Morgan fingerprint density at radius 2 is 1.97 bits per heavy atom. The van der Waals surface area contributed by atoms with E-state index in [1.165, 1.54) is 45.2 Å². The summed E-state index contributed by atoms with van der Waals surface area (Å²) in [5.41, 5.74) is 0.684. The molecule has 2 amide bonds. The van der Waals surface area contributed by atoms with E-state index in [1.54, 1.807) is 31.3 Å². The number of amides is 2. The Morgan fingerprint density at radius 3 is 2.77 bits per heavy atom. The zero-order valence-electron chi connectivity index (χ0n) is 18.1. The van der Waals surface area contributed by atoms with Gasteiger partial charge in [0.05, 0.1) is 25.8 Å². The average molecular weight is 416 g/mol. The van der Waals surface area contributed by atoms with E-state index in [0.717, 1.165) is 6.54 Å². The Morgan fingerprint density at radius 1 is 1.13 bits per heavy atom. The number of nitrogens with one attached hydrogen (secondary N) is 1. The number of carbonyl (C=O) groups excluding carboxylic acids is 2. The smallest absolute Gasteiger partial charge is 0.227 e. The van der Waals surface area contributed by atoms with Crippen molar-refractivity contribution >= 4 is 17.5 Å². The van der Waals surface area contributed by atoms with Crippen LogP contribution >= 0.6 is 0 Å². The van der Waals surface area contributed by atoms with Gasteiger partial charge in [0.25, 0.3) is 0 Å². The van der Waals surface area contributed by atoms with Gasteiger partial charge in [-0.25, -0.2) is 0 Å². The molecule has 0 saturated carbocycles. The van der Waals surface area contributed by atoms with E-state index in [2.05, 4.69) is 10.2 Å². The second-order valence-electron chi connectivity index (χ2n) is 8.69. The van der Waals surface area contributed by atoms with E-state index < -0.39 is 0 Å². The number of ether oxygens (including phenoxy) is 2. The number of hydrogen-bond donors (Lipinski definition) is 1. The average Bonchev–Trinajstić information content (AvgIpc) is 3.18. The van der Waals surface area contributed by atoms with Gasteiger partial charge in [0.15, 0.2) is 0 Å². The molecule has 3 aliphatic heterocycles. The van der Waals surface area contributed by atoms with Crippen molar-refractivity contribution in [1.29, 1.82) is 0 Å². The number of methoxy groups -OCH3 is 2. The van der Waals surface area contributed by atoms with E-state index in [0.29, 0.717) is 35.7 Å². The fraction of sp³-hybridized carbons (Fsp3) is 0.652. The van der Waals surface area contributed by atoms with Gasteiger partial charge in [0, 0.05) is 31.6 Å². The van der Waals surface area contributed by atoms with E-state index in [9.17, 15) is 9.59 Å². The molecule has 3 atom stereocenters. The van der Waals surface area contributed by atoms with Gasteiger partial charge in [0.1, 0.15) is 11.5 Å². The molecule has 3 saturated heterocycles. The van der Waals surface area contributed by atoms with Crippen LogP contribution in [0.2, 0.25) is 0 Å². The molecule has 0 aliphatic carbocycles. The Labute approximate surface area is 178 Å². The molecule has 30 heavy (non-hydrogen) atoms. The van der Waals surface area contributed by atoms with Crippen molar-refractivity contribution in [2.24, 2.45) is 11.8 Å². The number of anilines is 1. The summed E-state index contributed by atoms with van der Waals surface area (Å²) in [6.07, 6.45) is 6.46. The predicted octanol–water partition coefficient (Wildman–Crippen LogP) is 2.44. The Balaban J connectivity index is 1.36. The fourth-order valence-electron chi connectivity index (χ4n) is 5.32. The van der Waals surface area contributed by atoms with Crippen molar-refractivity contribution in [3.8, 4) is 11.5 Å². The van der Waals surface area contributed by atoms with Crippen LogP contribution in [0.25, 0.3) is 0 Å². The molecule has 0 bridgehead atoms. The highest BCUT2D eigenvalue weighted by Gasteiger charge is 2.38. The lowest BCUT2D eigenvalue weighted by atomic mass is 9.83. The quantitative estimate of drug-likeness (QED) is 0.773. The third kappa shape index (κ3) is 4.26. The van der Waals surface area contributed by atoms with Crippen LogP contribution in [0.15, 0.2) is 18.2 Å². The van der Waals surface area contributed by atoms with E-state index >= 15 is 0 Å². The van der Waals surface area contributed by atoms with Crippen molar-refractivity contribution in [3.05, 3.63) is 18.2 Å². The largest absolute Gasteiger partial charge is 0.497 e. The molecule has 0 radical (unpaired) electrons. The summed E-state index contributed by atoms with van der Waals surface area (Å²) in [6.45, 7) is 3.50. The maximum atomic E-state index is 12.9. The Bertz CT molecular complexity index is 782. The highest BCUT2D eigenvalue weighted by molar-refractivity contribution is 6.01. The zero-order valence-corrected chi connectivity index (χ0v) is 18.1. The Kier molecular flexibility index (Phi) is 6.46. The molecule has 1 aromatic carbocycles. The molecular formula is C23H33N3O4. The molecular weight excluding hydrogens is 382 g/mol. The number of hydrogen-bond acceptors (Lipinski definition) is 5. The maximum Gasteiger partial charge on any atom is 0.227 e. The molecule has 3 unspecified atom stereocenters. The first kappa shape index (κ1) is 21.0. The minimum atomic E-state index is -0.324. The standard InChI is InChI=1S/C23H33N3O4/c1-29-18-8-9-20(21(13-18)30-2)26-15-17(12-22(26)27)23(28)24-14-16-6-5-11-25-10-4-3-7-19(16)25/h8-9,13,16-17,19H,3-7,10-12,14-15H2,1-2H3,(H,24,28). The summed E-state index contributed by atoms with van der Waals surface area (Å²) in [5.74, 6) is 1.39. The molecule has 0 aromatic heterocycles. The topological polar surface area (TPSA) is 71.1 Å². The molecule has 7 heteroatoms. The van der Waals surface area contributed by atoms with Crippen molar-refractivity contribution in [2.45, 2.75) is 44.6 Å². The van der Waals surface area contributed by atoms with Crippen LogP contribution in [0.5, 0.6) is 11.5 Å². The summed E-state index contributed by atoms with van der Waals surface area (Å²) < 4.78 is 10.7. The van der Waals surface area contributed by atoms with E-state index in [1.807, 2.05) is 6.07 Å². The highest BCUT2D eigenvalue weighted by atomic mass is 16.5. The normalized spacial score (nSPS) is 26.9. The molecule has 1 N–H and O–H groups in total. The fourth-order valence-corrected chi connectivity index (χ4v) is 5.32. The van der Waals surface area contributed by atoms with Gasteiger partial charge in [-0.05, 0) is 56.8 Å². The van der Waals surface area contributed by atoms with Crippen molar-refractivity contribution in [1.82, 2.24) is 10.2 Å². The third-order valence-corrected chi connectivity index (χ3v) is 6.94. The lowest BCUT2D eigenvalue weighted by Crippen LogP contribution is -2.51. The molecule has 3 heterocycles. The SMILES string of the molecule is COc1ccc(N2CC(C(=O)NCC3CCCN4CCCCC34)CC2=O)c(OC)c1. The number of nitrogens with zero attached hydrogens (tertiary/aromatic N) is 2. The van der Waals surface area contributed by atoms with Gasteiger partial charge in [-0.3, -0.25) is 9.59 Å². The highest BCUT2D eigenvalue weighted by Crippen LogP contribution is 2.36. The second-order valence-corrected chi connectivity index (χ2v) is 8.69. The van der Waals surface area contributed by atoms with Crippen LogP contribution in [0.4, 0.5) is 5.69 Å². The lowest BCUT2D eigenvalue weighted by molar-refractivity contribution is -0.126. The third-order valence-electron chi connectivity index (χ3n) is 6.94. The number of fused-ring (bicyclic) bond motifs is 1. The van der Waals surface area contributed by atoms with Crippen LogP contribution in [-0.4, -0.2) is 63.2 Å². The first-order valence-corrected chi connectivity index (χ1v) is 11.1. The maximum absolute atomic E-state index is 12.9.